The average Bonchev–Trinajstić information content (AvgIpc) is 3.33. The number of amides is 1. The van der Waals surface area contributed by atoms with Gasteiger partial charge in [-0.25, -0.2) is 8.78 Å². The fraction of sp³-hybridized carbons (Fsp3) is 0.231. The third-order valence-electron chi connectivity index (χ3n) is 5.55. The Hall–Kier alpha value is -3.94. The fourth-order valence-corrected chi connectivity index (χ4v) is 3.79. The third kappa shape index (κ3) is 5.17. The normalized spacial score (nSPS) is 14.8. The lowest BCUT2D eigenvalue weighted by Crippen LogP contribution is -2.37. The first kappa shape index (κ1) is 23.2. The molecule has 0 aromatic heterocycles. The number of oxime groups is 1. The third-order valence-corrected chi connectivity index (χ3v) is 5.55. The molecule has 3 aromatic rings. The van der Waals surface area contributed by atoms with Crippen molar-refractivity contribution in [3.05, 3.63) is 95.1 Å². The summed E-state index contributed by atoms with van der Waals surface area (Å²) in [6.07, 6.45) is 0.0132. The number of carbonyl (C=O) groups excluding carboxylic acids is 1. The molecule has 0 saturated carbocycles. The summed E-state index contributed by atoms with van der Waals surface area (Å²) in [6, 6.07) is 17.1. The van der Waals surface area contributed by atoms with E-state index in [2.05, 4.69) is 5.16 Å². The van der Waals surface area contributed by atoms with Gasteiger partial charge in [0.1, 0.15) is 11.6 Å². The van der Waals surface area contributed by atoms with Crippen LogP contribution >= 0.6 is 0 Å². The van der Waals surface area contributed by atoms with Crippen LogP contribution in [0, 0.1) is 11.6 Å². The molecule has 176 valence electrons. The van der Waals surface area contributed by atoms with Crippen molar-refractivity contribution in [1.82, 2.24) is 4.90 Å². The first-order chi connectivity index (χ1) is 16.5. The van der Waals surface area contributed by atoms with Crippen LogP contribution in [0.4, 0.5) is 8.78 Å². The van der Waals surface area contributed by atoms with Crippen LogP contribution in [0.2, 0.25) is 0 Å². The number of carbonyl (C=O) groups is 1. The Morgan fingerprint density at radius 2 is 1.76 bits per heavy atom. The number of hydrogen-bond donors (Lipinski definition) is 0. The minimum atomic E-state index is -0.605. The molecular formula is C26H24F2N2O4. The molecule has 1 aliphatic heterocycles. The van der Waals surface area contributed by atoms with Crippen LogP contribution in [-0.4, -0.2) is 43.4 Å². The Labute approximate surface area is 196 Å². The van der Waals surface area contributed by atoms with Gasteiger partial charge >= 0.3 is 0 Å². The molecule has 1 atom stereocenters. The van der Waals surface area contributed by atoms with Crippen molar-refractivity contribution in [3.8, 4) is 11.5 Å². The number of methoxy groups -OCH3 is 2. The van der Waals surface area contributed by atoms with E-state index in [-0.39, 0.29) is 24.5 Å². The van der Waals surface area contributed by atoms with E-state index in [4.69, 9.17) is 14.3 Å². The average molecular weight is 466 g/mol. The fourth-order valence-electron chi connectivity index (χ4n) is 3.79. The van der Waals surface area contributed by atoms with Gasteiger partial charge in [-0.1, -0.05) is 29.4 Å². The smallest absolute Gasteiger partial charge is 0.257 e. The number of benzene rings is 3. The van der Waals surface area contributed by atoms with Gasteiger partial charge in [-0.2, -0.15) is 0 Å². The summed E-state index contributed by atoms with van der Waals surface area (Å²) in [4.78, 5) is 20.3. The minimum Gasteiger partial charge on any atom is -0.493 e. The highest BCUT2D eigenvalue weighted by Gasteiger charge is 2.29. The molecule has 0 saturated heterocycles. The van der Waals surface area contributed by atoms with Gasteiger partial charge in [-0.15, -0.1) is 0 Å². The number of nitrogens with zero attached hydrogens (tertiary/aromatic N) is 2. The highest BCUT2D eigenvalue weighted by atomic mass is 19.1. The van der Waals surface area contributed by atoms with Gasteiger partial charge in [0, 0.05) is 18.5 Å². The topological polar surface area (TPSA) is 60.4 Å². The second kappa shape index (κ2) is 10.3. The molecule has 3 aromatic carbocycles. The first-order valence-corrected chi connectivity index (χ1v) is 10.7. The van der Waals surface area contributed by atoms with Gasteiger partial charge in [0.15, 0.2) is 17.6 Å². The molecule has 0 bridgehead atoms. The highest BCUT2D eigenvalue weighted by molar-refractivity contribution is 6.02. The first-order valence-electron chi connectivity index (χ1n) is 10.7. The predicted octanol–water partition coefficient (Wildman–Crippen LogP) is 4.82. The maximum Gasteiger partial charge on any atom is 0.257 e. The Kier molecular flexibility index (Phi) is 7.06. The van der Waals surface area contributed by atoms with Crippen LogP contribution in [0.5, 0.6) is 11.5 Å². The summed E-state index contributed by atoms with van der Waals surface area (Å²) in [5.74, 6) is -0.290. The predicted molar refractivity (Wildman–Crippen MR) is 123 cm³/mol. The van der Waals surface area contributed by atoms with Gasteiger partial charge in [0.25, 0.3) is 5.91 Å². The van der Waals surface area contributed by atoms with Crippen LogP contribution in [0.15, 0.2) is 71.9 Å². The Morgan fingerprint density at radius 1 is 1.03 bits per heavy atom. The number of rotatable bonds is 8. The molecule has 0 aliphatic carbocycles. The standard InChI is InChI=1S/C26H24F2N2O4/c1-32-24-12-9-18(13-25(24)33-2)23-14-20(34-29-23)16-30(15-17-7-10-19(27)11-8-17)26(31)21-5-3-4-6-22(21)28/h3-13,20H,14-16H2,1-2H3/t20-/m1/s1. The van der Waals surface area contributed by atoms with Crippen molar-refractivity contribution >= 4 is 11.6 Å². The molecule has 8 heteroatoms. The van der Waals surface area contributed by atoms with Gasteiger partial charge in [0.2, 0.25) is 0 Å². The van der Waals surface area contributed by atoms with E-state index in [1.54, 1.807) is 38.5 Å². The SMILES string of the molecule is COc1ccc(C2=NO[C@@H](CN(Cc3ccc(F)cc3)C(=O)c3ccccc3F)C2)cc1OC. The summed E-state index contributed by atoms with van der Waals surface area (Å²) in [5, 5.41) is 4.20. The minimum absolute atomic E-state index is 0.0383. The Balaban J connectivity index is 1.52. The summed E-state index contributed by atoms with van der Waals surface area (Å²) in [6.45, 7) is 0.337. The maximum atomic E-state index is 14.3. The molecule has 1 amide bonds. The van der Waals surface area contributed by atoms with Crippen molar-refractivity contribution in [1.29, 1.82) is 0 Å². The summed E-state index contributed by atoms with van der Waals surface area (Å²) in [7, 11) is 3.12. The Bertz CT molecular complexity index is 1200. The van der Waals surface area contributed by atoms with Crippen molar-refractivity contribution in [2.24, 2.45) is 5.16 Å². The second-order valence-electron chi connectivity index (χ2n) is 7.83. The Morgan fingerprint density at radius 3 is 2.47 bits per heavy atom. The van der Waals surface area contributed by atoms with Crippen LogP contribution < -0.4 is 9.47 Å². The van der Waals surface area contributed by atoms with Crippen LogP contribution in [0.3, 0.4) is 0 Å². The molecule has 4 rings (SSSR count). The second-order valence-corrected chi connectivity index (χ2v) is 7.83. The lowest BCUT2D eigenvalue weighted by atomic mass is 10.0. The van der Waals surface area contributed by atoms with Gasteiger partial charge in [-0.3, -0.25) is 4.79 Å². The molecule has 6 nitrogen and oxygen atoms in total. The van der Waals surface area contributed by atoms with Gasteiger partial charge in [0.05, 0.1) is 32.0 Å². The zero-order chi connectivity index (χ0) is 24.1. The summed E-state index contributed by atoms with van der Waals surface area (Å²) >= 11 is 0. The van der Waals surface area contributed by atoms with Crippen LogP contribution in [-0.2, 0) is 11.4 Å². The van der Waals surface area contributed by atoms with Gasteiger partial charge in [-0.05, 0) is 48.0 Å². The molecule has 0 spiro atoms. The molecule has 34 heavy (non-hydrogen) atoms. The van der Waals surface area contributed by atoms with Crippen LogP contribution in [0.1, 0.15) is 27.9 Å². The largest absolute Gasteiger partial charge is 0.493 e. The molecule has 1 aliphatic rings. The van der Waals surface area contributed by atoms with Crippen molar-refractivity contribution in [3.63, 3.8) is 0 Å². The summed E-state index contributed by atoms with van der Waals surface area (Å²) in [5.41, 5.74) is 2.19. The number of hydrogen-bond acceptors (Lipinski definition) is 5. The number of ether oxygens (including phenoxy) is 2. The molecule has 0 radical (unpaired) electrons. The van der Waals surface area contributed by atoms with E-state index in [1.807, 2.05) is 12.1 Å². The molecular weight excluding hydrogens is 442 g/mol. The maximum absolute atomic E-state index is 14.3. The van der Waals surface area contributed by atoms with Crippen LogP contribution in [0.25, 0.3) is 0 Å². The lowest BCUT2D eigenvalue weighted by Gasteiger charge is -2.25. The number of halogens is 2. The van der Waals surface area contributed by atoms with E-state index in [9.17, 15) is 13.6 Å². The van der Waals surface area contributed by atoms with Crippen molar-refractivity contribution < 1.29 is 27.9 Å². The van der Waals surface area contributed by atoms with Gasteiger partial charge < -0.3 is 19.2 Å². The highest BCUT2D eigenvalue weighted by Crippen LogP contribution is 2.30. The zero-order valence-corrected chi connectivity index (χ0v) is 18.8. The zero-order valence-electron chi connectivity index (χ0n) is 18.8. The van der Waals surface area contributed by atoms with E-state index in [1.165, 1.54) is 35.2 Å². The molecule has 0 fully saturated rings. The van der Waals surface area contributed by atoms with E-state index < -0.39 is 17.8 Å². The molecule has 1 heterocycles. The quantitative estimate of drug-likeness (QED) is 0.478. The molecule has 0 N–H and O–H groups in total. The van der Waals surface area contributed by atoms with E-state index >= 15 is 0 Å². The van der Waals surface area contributed by atoms with Crippen molar-refractivity contribution in [2.75, 3.05) is 20.8 Å². The lowest BCUT2D eigenvalue weighted by molar-refractivity contribution is 0.0402. The summed E-state index contributed by atoms with van der Waals surface area (Å²) < 4.78 is 38.3. The van der Waals surface area contributed by atoms with E-state index in [0.29, 0.717) is 29.2 Å². The van der Waals surface area contributed by atoms with Crippen molar-refractivity contribution in [2.45, 2.75) is 19.1 Å². The monoisotopic (exact) mass is 466 g/mol. The van der Waals surface area contributed by atoms with E-state index in [0.717, 1.165) is 5.56 Å². The molecule has 0 unspecified atom stereocenters.